The summed E-state index contributed by atoms with van der Waals surface area (Å²) >= 11 is 0. The molecule has 0 saturated carbocycles. The van der Waals surface area contributed by atoms with Gasteiger partial charge in [-0.3, -0.25) is 0 Å². The zero-order chi connectivity index (χ0) is 12.7. The highest BCUT2D eigenvalue weighted by Crippen LogP contribution is 2.37. The van der Waals surface area contributed by atoms with Gasteiger partial charge in [-0.2, -0.15) is 0 Å². The number of aromatic amines is 1. The summed E-state index contributed by atoms with van der Waals surface area (Å²) in [5.41, 5.74) is 3.80. The lowest BCUT2D eigenvalue weighted by Gasteiger charge is -2.20. The number of nitrogens with one attached hydrogen (secondary N) is 2. The highest BCUT2D eigenvalue weighted by molar-refractivity contribution is 5.88. The van der Waals surface area contributed by atoms with Gasteiger partial charge in [0.25, 0.3) is 0 Å². The summed E-state index contributed by atoms with van der Waals surface area (Å²) in [6.45, 7) is 3.21. The fraction of sp³-hybridized carbons (Fsp3) is 0.429. The van der Waals surface area contributed by atoms with Gasteiger partial charge in [0, 0.05) is 28.7 Å². The molecule has 1 atom stereocenters. The molecule has 0 fully saturated rings. The molecule has 2 heterocycles. The van der Waals surface area contributed by atoms with Crippen LogP contribution in [0.3, 0.4) is 0 Å². The Morgan fingerprint density at radius 2 is 1.89 bits per heavy atom. The summed E-state index contributed by atoms with van der Waals surface area (Å²) in [6, 6.07) is 4.46. The highest BCUT2D eigenvalue weighted by Gasteiger charge is 2.21. The highest BCUT2D eigenvalue weighted by atomic mass is 16.5. The Kier molecular flexibility index (Phi) is 2.67. The SMILES string of the molecule is COc1cc2[nH]c3c(c2cc1OC)CCNC3C. The van der Waals surface area contributed by atoms with Gasteiger partial charge in [0.15, 0.2) is 11.5 Å². The van der Waals surface area contributed by atoms with E-state index in [0.29, 0.717) is 6.04 Å². The number of hydrogen-bond acceptors (Lipinski definition) is 3. The van der Waals surface area contributed by atoms with Gasteiger partial charge in [-0.15, -0.1) is 0 Å². The van der Waals surface area contributed by atoms with Crippen molar-refractivity contribution in [3.05, 3.63) is 23.4 Å². The minimum atomic E-state index is 0.373. The van der Waals surface area contributed by atoms with Crippen LogP contribution in [0.25, 0.3) is 10.9 Å². The second kappa shape index (κ2) is 4.21. The van der Waals surface area contributed by atoms with E-state index in [-0.39, 0.29) is 0 Å². The lowest BCUT2D eigenvalue weighted by molar-refractivity contribution is 0.356. The van der Waals surface area contributed by atoms with Crippen molar-refractivity contribution in [2.75, 3.05) is 20.8 Å². The molecule has 0 amide bonds. The quantitative estimate of drug-likeness (QED) is 0.855. The molecule has 1 unspecified atom stereocenters. The third-order valence-corrected chi connectivity index (χ3v) is 3.70. The van der Waals surface area contributed by atoms with Crippen molar-refractivity contribution in [2.45, 2.75) is 19.4 Å². The van der Waals surface area contributed by atoms with Crippen molar-refractivity contribution in [3.63, 3.8) is 0 Å². The zero-order valence-electron chi connectivity index (χ0n) is 11.0. The fourth-order valence-corrected chi connectivity index (χ4v) is 2.75. The summed E-state index contributed by atoms with van der Waals surface area (Å²) in [7, 11) is 3.34. The van der Waals surface area contributed by atoms with Gasteiger partial charge in [-0.25, -0.2) is 0 Å². The third-order valence-electron chi connectivity index (χ3n) is 3.70. The van der Waals surface area contributed by atoms with Crippen molar-refractivity contribution in [2.24, 2.45) is 0 Å². The molecule has 0 saturated heterocycles. The van der Waals surface area contributed by atoms with E-state index in [1.807, 2.05) is 6.07 Å². The summed E-state index contributed by atoms with van der Waals surface area (Å²) in [5, 5.41) is 4.71. The van der Waals surface area contributed by atoms with Gasteiger partial charge in [-0.1, -0.05) is 0 Å². The first kappa shape index (κ1) is 11.4. The number of benzene rings is 1. The number of methoxy groups -OCH3 is 2. The Hall–Kier alpha value is -1.68. The Balaban J connectivity index is 2.25. The summed E-state index contributed by atoms with van der Waals surface area (Å²) in [6.07, 6.45) is 1.05. The molecule has 3 rings (SSSR count). The topological polar surface area (TPSA) is 46.3 Å². The van der Waals surface area contributed by atoms with Crippen LogP contribution in [0.15, 0.2) is 12.1 Å². The van der Waals surface area contributed by atoms with E-state index in [1.165, 1.54) is 16.6 Å². The third kappa shape index (κ3) is 1.56. The van der Waals surface area contributed by atoms with E-state index in [1.54, 1.807) is 14.2 Å². The van der Waals surface area contributed by atoms with Crippen molar-refractivity contribution in [1.82, 2.24) is 10.3 Å². The predicted molar refractivity (Wildman–Crippen MR) is 71.5 cm³/mol. The molecule has 1 aromatic heterocycles. The molecule has 1 aliphatic heterocycles. The molecule has 1 aromatic carbocycles. The number of H-pyrrole nitrogens is 1. The molecular weight excluding hydrogens is 228 g/mol. The van der Waals surface area contributed by atoms with Crippen molar-refractivity contribution in [1.29, 1.82) is 0 Å². The van der Waals surface area contributed by atoms with Crippen LogP contribution in [0.4, 0.5) is 0 Å². The Labute approximate surface area is 106 Å². The Morgan fingerprint density at radius 1 is 1.17 bits per heavy atom. The number of fused-ring (bicyclic) bond motifs is 3. The lowest BCUT2D eigenvalue weighted by atomic mass is 10.00. The van der Waals surface area contributed by atoms with E-state index in [4.69, 9.17) is 9.47 Å². The molecule has 18 heavy (non-hydrogen) atoms. The maximum Gasteiger partial charge on any atom is 0.162 e. The van der Waals surface area contributed by atoms with Crippen molar-refractivity contribution in [3.8, 4) is 11.5 Å². The maximum absolute atomic E-state index is 5.38. The molecule has 0 spiro atoms. The summed E-state index contributed by atoms with van der Waals surface area (Å²) in [4.78, 5) is 3.49. The van der Waals surface area contributed by atoms with Gasteiger partial charge < -0.3 is 19.8 Å². The molecule has 0 bridgehead atoms. The average molecular weight is 246 g/mol. The first-order chi connectivity index (χ1) is 8.74. The number of rotatable bonds is 2. The first-order valence-electron chi connectivity index (χ1n) is 6.24. The minimum absolute atomic E-state index is 0.373. The molecule has 0 radical (unpaired) electrons. The van der Waals surface area contributed by atoms with Gasteiger partial charge in [0.05, 0.1) is 14.2 Å². The van der Waals surface area contributed by atoms with E-state index in [0.717, 1.165) is 30.0 Å². The summed E-state index contributed by atoms with van der Waals surface area (Å²) < 4.78 is 10.7. The van der Waals surface area contributed by atoms with Gasteiger partial charge in [0.2, 0.25) is 0 Å². The molecule has 0 aliphatic carbocycles. The number of aromatic nitrogens is 1. The van der Waals surface area contributed by atoms with Crippen molar-refractivity contribution < 1.29 is 9.47 Å². The fourth-order valence-electron chi connectivity index (χ4n) is 2.75. The van der Waals surface area contributed by atoms with Crippen LogP contribution < -0.4 is 14.8 Å². The Morgan fingerprint density at radius 3 is 2.61 bits per heavy atom. The molecule has 4 heteroatoms. The van der Waals surface area contributed by atoms with Crippen LogP contribution in [-0.4, -0.2) is 25.7 Å². The number of hydrogen-bond donors (Lipinski definition) is 2. The predicted octanol–water partition coefficient (Wildman–Crippen LogP) is 2.39. The monoisotopic (exact) mass is 246 g/mol. The van der Waals surface area contributed by atoms with E-state index in [9.17, 15) is 0 Å². The van der Waals surface area contributed by atoms with Gasteiger partial charge in [-0.05, 0) is 31.5 Å². The van der Waals surface area contributed by atoms with E-state index >= 15 is 0 Å². The molecule has 2 N–H and O–H groups in total. The largest absolute Gasteiger partial charge is 0.493 e. The molecule has 96 valence electrons. The van der Waals surface area contributed by atoms with Crippen LogP contribution in [-0.2, 0) is 6.42 Å². The standard InChI is InChI=1S/C14H18N2O2/c1-8-14-9(4-5-15-8)10-6-12(17-2)13(18-3)7-11(10)16-14/h6-8,15-16H,4-5H2,1-3H3. The first-order valence-corrected chi connectivity index (χ1v) is 6.24. The zero-order valence-corrected chi connectivity index (χ0v) is 11.0. The van der Waals surface area contributed by atoms with Crippen LogP contribution in [0.5, 0.6) is 11.5 Å². The minimum Gasteiger partial charge on any atom is -0.493 e. The maximum atomic E-state index is 5.38. The normalized spacial score (nSPS) is 18.7. The lowest BCUT2D eigenvalue weighted by Crippen LogP contribution is -2.27. The average Bonchev–Trinajstić information content (AvgIpc) is 2.76. The van der Waals surface area contributed by atoms with E-state index in [2.05, 4.69) is 23.3 Å². The summed E-state index contributed by atoms with van der Waals surface area (Å²) in [5.74, 6) is 1.56. The van der Waals surface area contributed by atoms with Crippen LogP contribution in [0.1, 0.15) is 24.2 Å². The molecule has 1 aliphatic rings. The smallest absolute Gasteiger partial charge is 0.162 e. The van der Waals surface area contributed by atoms with Crippen LogP contribution in [0, 0.1) is 0 Å². The van der Waals surface area contributed by atoms with Gasteiger partial charge in [0.1, 0.15) is 0 Å². The van der Waals surface area contributed by atoms with Gasteiger partial charge >= 0.3 is 0 Å². The molecule has 2 aromatic rings. The van der Waals surface area contributed by atoms with Crippen molar-refractivity contribution >= 4 is 10.9 Å². The Bertz CT molecular complexity index is 589. The molecular formula is C14H18N2O2. The molecule has 4 nitrogen and oxygen atoms in total. The van der Waals surface area contributed by atoms with E-state index < -0.39 is 0 Å². The van der Waals surface area contributed by atoms with Crippen LogP contribution in [0.2, 0.25) is 0 Å². The second-order valence-corrected chi connectivity index (χ2v) is 4.70. The van der Waals surface area contributed by atoms with Crippen LogP contribution >= 0.6 is 0 Å². The second-order valence-electron chi connectivity index (χ2n) is 4.70. The number of ether oxygens (including phenoxy) is 2.